The van der Waals surface area contributed by atoms with Gasteiger partial charge in [0.05, 0.1) is 6.42 Å². The molecule has 0 aromatic heterocycles. The fourth-order valence-corrected chi connectivity index (χ4v) is 2.24. The minimum absolute atomic E-state index is 0.0220. The lowest BCUT2D eigenvalue weighted by Gasteiger charge is -2.21. The van der Waals surface area contributed by atoms with E-state index in [1.54, 1.807) is 13.8 Å². The van der Waals surface area contributed by atoms with Gasteiger partial charge >= 0.3 is 5.97 Å². The Labute approximate surface area is 114 Å². The summed E-state index contributed by atoms with van der Waals surface area (Å²) in [7, 11) is 0. The maximum atomic E-state index is 11.6. The number of amides is 1. The number of nitrogens with one attached hydrogen (secondary N) is 1. The molecule has 0 aromatic rings. The van der Waals surface area contributed by atoms with Gasteiger partial charge in [0.15, 0.2) is 0 Å². The normalized spacial score (nSPS) is 11.3. The van der Waals surface area contributed by atoms with E-state index in [2.05, 4.69) is 11.6 Å². The van der Waals surface area contributed by atoms with Crippen LogP contribution in [0.1, 0.15) is 46.0 Å². The summed E-state index contributed by atoms with van der Waals surface area (Å²) in [5.74, 6) is 0.260. The molecule has 0 aromatic carbocycles. The first-order chi connectivity index (χ1) is 8.37. The third-order valence-corrected chi connectivity index (χ3v) is 3.31. The van der Waals surface area contributed by atoms with E-state index in [1.807, 2.05) is 11.8 Å². The molecule has 0 saturated heterocycles. The summed E-state index contributed by atoms with van der Waals surface area (Å²) in [6, 6.07) is 0. The van der Waals surface area contributed by atoms with Gasteiger partial charge in [0.2, 0.25) is 5.91 Å². The van der Waals surface area contributed by atoms with Gasteiger partial charge < -0.3 is 10.4 Å². The van der Waals surface area contributed by atoms with E-state index >= 15 is 0 Å². The molecular weight excluding hydrogens is 250 g/mol. The number of hydrogen-bond donors (Lipinski definition) is 2. The number of unbranched alkanes of at least 4 members (excludes halogenated alkanes) is 2. The molecule has 0 bridgehead atoms. The molecule has 0 unspecified atom stereocenters. The van der Waals surface area contributed by atoms with E-state index in [0.29, 0.717) is 6.54 Å². The molecule has 0 heterocycles. The van der Waals surface area contributed by atoms with Crippen LogP contribution in [0.15, 0.2) is 0 Å². The van der Waals surface area contributed by atoms with Crippen LogP contribution in [0, 0.1) is 5.41 Å². The summed E-state index contributed by atoms with van der Waals surface area (Å²) >= 11 is 1.84. The Morgan fingerprint density at radius 1 is 1.17 bits per heavy atom. The van der Waals surface area contributed by atoms with Crippen molar-refractivity contribution < 1.29 is 14.7 Å². The molecule has 5 heteroatoms. The van der Waals surface area contributed by atoms with Gasteiger partial charge in [-0.15, -0.1) is 0 Å². The maximum absolute atomic E-state index is 11.6. The SMILES string of the molecule is CSCCCCCNC(=O)CC(C)(C)CC(=O)O. The summed E-state index contributed by atoms with van der Waals surface area (Å²) in [5.41, 5.74) is -0.477. The molecular formula is C13H25NO3S. The summed E-state index contributed by atoms with van der Waals surface area (Å²) in [6.07, 6.45) is 5.68. The monoisotopic (exact) mass is 275 g/mol. The van der Waals surface area contributed by atoms with Crippen molar-refractivity contribution in [2.75, 3.05) is 18.6 Å². The van der Waals surface area contributed by atoms with Crippen LogP contribution in [0.4, 0.5) is 0 Å². The number of hydrogen-bond acceptors (Lipinski definition) is 3. The van der Waals surface area contributed by atoms with Crippen molar-refractivity contribution in [3.63, 3.8) is 0 Å². The molecule has 0 atom stereocenters. The van der Waals surface area contributed by atoms with E-state index in [4.69, 9.17) is 5.11 Å². The predicted octanol–water partition coefficient (Wildman–Crippen LogP) is 2.53. The van der Waals surface area contributed by atoms with Crippen molar-refractivity contribution in [3.8, 4) is 0 Å². The average molecular weight is 275 g/mol. The zero-order chi connectivity index (χ0) is 14.0. The van der Waals surface area contributed by atoms with Gasteiger partial charge in [-0.05, 0) is 30.3 Å². The van der Waals surface area contributed by atoms with E-state index < -0.39 is 11.4 Å². The Morgan fingerprint density at radius 2 is 1.83 bits per heavy atom. The quantitative estimate of drug-likeness (QED) is 0.601. The minimum Gasteiger partial charge on any atom is -0.481 e. The number of carboxylic acids is 1. The first kappa shape index (κ1) is 17.3. The van der Waals surface area contributed by atoms with Gasteiger partial charge in [-0.2, -0.15) is 11.8 Å². The third kappa shape index (κ3) is 10.4. The molecule has 2 N–H and O–H groups in total. The second-order valence-electron chi connectivity index (χ2n) is 5.31. The van der Waals surface area contributed by atoms with Gasteiger partial charge in [-0.1, -0.05) is 20.3 Å². The molecule has 4 nitrogen and oxygen atoms in total. The van der Waals surface area contributed by atoms with Crippen LogP contribution < -0.4 is 5.32 Å². The zero-order valence-electron chi connectivity index (χ0n) is 11.6. The van der Waals surface area contributed by atoms with Gasteiger partial charge in [0.25, 0.3) is 0 Å². The molecule has 106 valence electrons. The Kier molecular flexibility index (Phi) is 8.89. The lowest BCUT2D eigenvalue weighted by atomic mass is 9.85. The standard InChI is InChI=1S/C13H25NO3S/c1-13(2,10-12(16)17)9-11(15)14-7-5-4-6-8-18-3/h4-10H2,1-3H3,(H,14,15)(H,16,17). The van der Waals surface area contributed by atoms with Crippen LogP contribution in [0.5, 0.6) is 0 Å². The van der Waals surface area contributed by atoms with Crippen LogP contribution in [0.2, 0.25) is 0 Å². The van der Waals surface area contributed by atoms with E-state index in [1.165, 1.54) is 12.2 Å². The molecule has 0 radical (unpaired) electrons. The maximum Gasteiger partial charge on any atom is 0.303 e. The van der Waals surface area contributed by atoms with Crippen molar-refractivity contribution in [2.24, 2.45) is 5.41 Å². The first-order valence-corrected chi connectivity index (χ1v) is 7.74. The molecule has 0 aliphatic carbocycles. The molecule has 1 amide bonds. The largest absolute Gasteiger partial charge is 0.481 e. The van der Waals surface area contributed by atoms with Gasteiger partial charge in [-0.3, -0.25) is 9.59 Å². The first-order valence-electron chi connectivity index (χ1n) is 6.35. The molecule has 0 rings (SSSR count). The smallest absolute Gasteiger partial charge is 0.303 e. The van der Waals surface area contributed by atoms with Crippen LogP contribution in [0.25, 0.3) is 0 Å². The van der Waals surface area contributed by atoms with Crippen LogP contribution >= 0.6 is 11.8 Å². The topological polar surface area (TPSA) is 66.4 Å². The average Bonchev–Trinajstić information content (AvgIpc) is 2.20. The molecule has 18 heavy (non-hydrogen) atoms. The molecule has 0 aliphatic rings. The number of rotatable bonds is 10. The molecule has 0 fully saturated rings. The number of carboxylic acid groups (broad SMARTS) is 1. The second-order valence-corrected chi connectivity index (χ2v) is 6.30. The summed E-state index contributed by atoms with van der Waals surface area (Å²) < 4.78 is 0. The van der Waals surface area contributed by atoms with Crippen LogP contribution in [-0.2, 0) is 9.59 Å². The Balaban J connectivity index is 3.67. The third-order valence-electron chi connectivity index (χ3n) is 2.62. The lowest BCUT2D eigenvalue weighted by Crippen LogP contribution is -2.30. The fraction of sp³-hybridized carbons (Fsp3) is 0.846. The fourth-order valence-electron chi connectivity index (χ4n) is 1.75. The number of thioether (sulfide) groups is 1. The Bertz CT molecular complexity index is 267. The highest BCUT2D eigenvalue weighted by atomic mass is 32.2. The van der Waals surface area contributed by atoms with Gasteiger partial charge in [0, 0.05) is 13.0 Å². The highest BCUT2D eigenvalue weighted by molar-refractivity contribution is 7.98. The van der Waals surface area contributed by atoms with Crippen LogP contribution in [0.3, 0.4) is 0 Å². The highest BCUT2D eigenvalue weighted by Gasteiger charge is 2.24. The van der Waals surface area contributed by atoms with E-state index in [0.717, 1.165) is 12.8 Å². The number of carbonyl (C=O) groups is 2. The summed E-state index contributed by atoms with van der Waals surface area (Å²) in [4.78, 5) is 22.2. The lowest BCUT2D eigenvalue weighted by molar-refractivity contribution is -0.139. The molecule has 0 spiro atoms. The predicted molar refractivity (Wildman–Crippen MR) is 75.9 cm³/mol. The molecule has 0 saturated carbocycles. The summed E-state index contributed by atoms with van der Waals surface area (Å²) in [5, 5.41) is 11.6. The number of carbonyl (C=O) groups excluding carboxylic acids is 1. The molecule has 0 aliphatic heterocycles. The van der Waals surface area contributed by atoms with E-state index in [-0.39, 0.29) is 18.7 Å². The van der Waals surface area contributed by atoms with Crippen molar-refractivity contribution >= 4 is 23.6 Å². The van der Waals surface area contributed by atoms with Crippen molar-refractivity contribution in [1.29, 1.82) is 0 Å². The highest BCUT2D eigenvalue weighted by Crippen LogP contribution is 2.24. The van der Waals surface area contributed by atoms with Crippen molar-refractivity contribution in [1.82, 2.24) is 5.32 Å². The second kappa shape index (κ2) is 9.25. The van der Waals surface area contributed by atoms with Gasteiger partial charge in [-0.25, -0.2) is 0 Å². The Hall–Kier alpha value is -0.710. The van der Waals surface area contributed by atoms with Crippen molar-refractivity contribution in [2.45, 2.75) is 46.0 Å². The summed E-state index contributed by atoms with van der Waals surface area (Å²) in [6.45, 7) is 4.30. The zero-order valence-corrected chi connectivity index (χ0v) is 12.4. The number of aliphatic carboxylic acids is 1. The minimum atomic E-state index is -0.857. The Morgan fingerprint density at radius 3 is 2.39 bits per heavy atom. The van der Waals surface area contributed by atoms with Crippen molar-refractivity contribution in [3.05, 3.63) is 0 Å². The van der Waals surface area contributed by atoms with Crippen LogP contribution in [-0.4, -0.2) is 35.5 Å². The van der Waals surface area contributed by atoms with Gasteiger partial charge in [0.1, 0.15) is 0 Å². The van der Waals surface area contributed by atoms with E-state index in [9.17, 15) is 9.59 Å².